The van der Waals surface area contributed by atoms with Crippen LogP contribution in [0.5, 0.6) is 0 Å². The molecule has 14 heavy (non-hydrogen) atoms. The fourth-order valence-electron chi connectivity index (χ4n) is 2.14. The van der Waals surface area contributed by atoms with Crippen molar-refractivity contribution in [3.63, 3.8) is 0 Å². The van der Waals surface area contributed by atoms with Crippen molar-refractivity contribution >= 4 is 5.97 Å². The van der Waals surface area contributed by atoms with Gasteiger partial charge in [-0.1, -0.05) is 13.8 Å². The smallest absolute Gasteiger partial charge is 0.304 e. The summed E-state index contributed by atoms with van der Waals surface area (Å²) < 4.78 is 0. The van der Waals surface area contributed by atoms with Crippen molar-refractivity contribution in [2.24, 2.45) is 11.8 Å². The molecule has 0 saturated carbocycles. The van der Waals surface area contributed by atoms with Gasteiger partial charge in [0.15, 0.2) is 0 Å². The van der Waals surface area contributed by atoms with Crippen LogP contribution >= 0.6 is 0 Å². The Kier molecular flexibility index (Phi) is 3.93. The number of carboxylic acid groups (broad SMARTS) is 1. The Hall–Kier alpha value is -0.570. The molecule has 0 aliphatic carbocycles. The van der Waals surface area contributed by atoms with Gasteiger partial charge in [0.1, 0.15) is 0 Å². The van der Waals surface area contributed by atoms with Crippen LogP contribution in [-0.2, 0) is 4.79 Å². The fraction of sp³-hybridized carbons (Fsp3) is 0.909. The third-order valence-corrected chi connectivity index (χ3v) is 3.29. The molecule has 1 aliphatic heterocycles. The van der Waals surface area contributed by atoms with Crippen LogP contribution in [0.25, 0.3) is 0 Å². The van der Waals surface area contributed by atoms with Crippen LogP contribution in [0.3, 0.4) is 0 Å². The van der Waals surface area contributed by atoms with E-state index in [4.69, 9.17) is 5.11 Å². The molecule has 1 rings (SSSR count). The summed E-state index contributed by atoms with van der Waals surface area (Å²) in [5.41, 5.74) is 0. The molecular weight excluding hydrogens is 178 g/mol. The number of rotatable bonds is 4. The predicted molar refractivity (Wildman–Crippen MR) is 56.2 cm³/mol. The monoisotopic (exact) mass is 199 g/mol. The number of carboxylic acids is 1. The summed E-state index contributed by atoms with van der Waals surface area (Å²) in [5, 5.41) is 8.69. The van der Waals surface area contributed by atoms with Gasteiger partial charge in [0.05, 0.1) is 6.42 Å². The number of nitrogens with zero attached hydrogens (tertiary/aromatic N) is 1. The van der Waals surface area contributed by atoms with E-state index in [0.717, 1.165) is 24.9 Å². The van der Waals surface area contributed by atoms with Crippen LogP contribution in [0.15, 0.2) is 0 Å². The van der Waals surface area contributed by atoms with Crippen LogP contribution in [0.2, 0.25) is 0 Å². The largest absolute Gasteiger partial charge is 0.481 e. The molecule has 0 bridgehead atoms. The van der Waals surface area contributed by atoms with Crippen molar-refractivity contribution in [3.05, 3.63) is 0 Å². The summed E-state index contributed by atoms with van der Waals surface area (Å²) in [5.74, 6) is 0.786. The van der Waals surface area contributed by atoms with E-state index in [9.17, 15) is 4.79 Å². The number of hydrogen-bond donors (Lipinski definition) is 1. The predicted octanol–water partition coefficient (Wildman–Crippen LogP) is 1.83. The van der Waals surface area contributed by atoms with E-state index in [2.05, 4.69) is 18.7 Å². The Bertz CT molecular complexity index is 203. The molecule has 1 saturated heterocycles. The molecule has 2 atom stereocenters. The molecule has 0 amide bonds. The first-order chi connectivity index (χ1) is 6.50. The van der Waals surface area contributed by atoms with Gasteiger partial charge in [-0.15, -0.1) is 0 Å². The molecular formula is C11H21NO2. The van der Waals surface area contributed by atoms with Gasteiger partial charge in [0.25, 0.3) is 0 Å². The second-order valence-corrected chi connectivity index (χ2v) is 4.73. The highest BCUT2D eigenvalue weighted by Gasteiger charge is 2.28. The maximum absolute atomic E-state index is 10.6. The Labute approximate surface area is 86.1 Å². The third-order valence-electron chi connectivity index (χ3n) is 3.29. The molecule has 82 valence electrons. The molecule has 1 aliphatic rings. The van der Waals surface area contributed by atoms with E-state index in [-0.39, 0.29) is 12.5 Å². The molecule has 1 heterocycles. The van der Waals surface area contributed by atoms with Crippen LogP contribution in [0.1, 0.15) is 33.6 Å². The highest BCUT2D eigenvalue weighted by Crippen LogP contribution is 2.25. The molecule has 2 unspecified atom stereocenters. The summed E-state index contributed by atoms with van der Waals surface area (Å²) in [6.07, 6.45) is 1.49. The fourth-order valence-corrected chi connectivity index (χ4v) is 2.14. The van der Waals surface area contributed by atoms with Crippen molar-refractivity contribution in [1.29, 1.82) is 0 Å². The lowest BCUT2D eigenvalue weighted by Crippen LogP contribution is -2.33. The van der Waals surface area contributed by atoms with Gasteiger partial charge in [-0.25, -0.2) is 0 Å². The standard InChI is InChI=1S/C11H21NO2/c1-8(2)10-4-5-12(7-10)9(3)6-11(13)14/h8-10H,4-7H2,1-3H3,(H,13,14). The lowest BCUT2D eigenvalue weighted by Gasteiger charge is -2.23. The topological polar surface area (TPSA) is 40.5 Å². The van der Waals surface area contributed by atoms with Gasteiger partial charge in [-0.3, -0.25) is 9.69 Å². The van der Waals surface area contributed by atoms with Crippen LogP contribution in [0, 0.1) is 11.8 Å². The Morgan fingerprint density at radius 3 is 2.57 bits per heavy atom. The Balaban J connectivity index is 2.37. The summed E-state index contributed by atoms with van der Waals surface area (Å²) >= 11 is 0. The van der Waals surface area contributed by atoms with Gasteiger partial charge < -0.3 is 5.11 Å². The number of hydrogen-bond acceptors (Lipinski definition) is 2. The second-order valence-electron chi connectivity index (χ2n) is 4.73. The summed E-state index contributed by atoms with van der Waals surface area (Å²) in [4.78, 5) is 12.9. The number of aliphatic carboxylic acids is 1. The summed E-state index contributed by atoms with van der Waals surface area (Å²) in [6.45, 7) is 8.65. The van der Waals surface area contributed by atoms with Crippen molar-refractivity contribution in [3.8, 4) is 0 Å². The van der Waals surface area contributed by atoms with Gasteiger partial charge >= 0.3 is 5.97 Å². The molecule has 0 aromatic carbocycles. The van der Waals surface area contributed by atoms with Crippen molar-refractivity contribution in [2.45, 2.75) is 39.7 Å². The lowest BCUT2D eigenvalue weighted by molar-refractivity contribution is -0.138. The average molecular weight is 199 g/mol. The second kappa shape index (κ2) is 4.78. The van der Waals surface area contributed by atoms with E-state index in [1.807, 2.05) is 6.92 Å². The SMILES string of the molecule is CC(C)C1CCN(C(C)CC(=O)O)C1. The lowest BCUT2D eigenvalue weighted by atomic mass is 9.95. The number of likely N-dealkylation sites (tertiary alicyclic amines) is 1. The zero-order valence-corrected chi connectivity index (χ0v) is 9.36. The molecule has 1 fully saturated rings. The average Bonchev–Trinajstić information content (AvgIpc) is 2.50. The molecule has 0 radical (unpaired) electrons. The minimum atomic E-state index is -0.689. The summed E-state index contributed by atoms with van der Waals surface area (Å²) in [6, 6.07) is 0.191. The van der Waals surface area contributed by atoms with E-state index in [0.29, 0.717) is 0 Å². The van der Waals surface area contributed by atoms with E-state index in [1.165, 1.54) is 6.42 Å². The Morgan fingerprint density at radius 1 is 1.50 bits per heavy atom. The van der Waals surface area contributed by atoms with E-state index in [1.54, 1.807) is 0 Å². The molecule has 3 heteroatoms. The first-order valence-corrected chi connectivity index (χ1v) is 5.46. The van der Waals surface area contributed by atoms with Crippen LogP contribution in [-0.4, -0.2) is 35.1 Å². The third kappa shape index (κ3) is 2.98. The molecule has 0 spiro atoms. The maximum Gasteiger partial charge on any atom is 0.304 e. The van der Waals surface area contributed by atoms with Gasteiger partial charge in [-0.05, 0) is 31.7 Å². The quantitative estimate of drug-likeness (QED) is 0.751. The highest BCUT2D eigenvalue weighted by atomic mass is 16.4. The van der Waals surface area contributed by atoms with Crippen LogP contribution in [0.4, 0.5) is 0 Å². The normalized spacial score (nSPS) is 25.6. The minimum absolute atomic E-state index is 0.191. The Morgan fingerprint density at radius 2 is 2.14 bits per heavy atom. The first kappa shape index (κ1) is 11.5. The molecule has 0 aromatic rings. The molecule has 1 N–H and O–H groups in total. The highest BCUT2D eigenvalue weighted by molar-refractivity contribution is 5.67. The summed E-state index contributed by atoms with van der Waals surface area (Å²) in [7, 11) is 0. The molecule has 3 nitrogen and oxygen atoms in total. The van der Waals surface area contributed by atoms with Gasteiger partial charge in [0, 0.05) is 12.6 Å². The van der Waals surface area contributed by atoms with Gasteiger partial charge in [0.2, 0.25) is 0 Å². The molecule has 0 aromatic heterocycles. The van der Waals surface area contributed by atoms with Crippen LogP contribution < -0.4 is 0 Å². The van der Waals surface area contributed by atoms with Crippen molar-refractivity contribution < 1.29 is 9.90 Å². The number of carbonyl (C=O) groups is 1. The van der Waals surface area contributed by atoms with E-state index >= 15 is 0 Å². The van der Waals surface area contributed by atoms with Crippen molar-refractivity contribution in [1.82, 2.24) is 4.90 Å². The van der Waals surface area contributed by atoms with Gasteiger partial charge in [-0.2, -0.15) is 0 Å². The van der Waals surface area contributed by atoms with E-state index < -0.39 is 5.97 Å². The zero-order valence-electron chi connectivity index (χ0n) is 9.36. The maximum atomic E-state index is 10.6. The minimum Gasteiger partial charge on any atom is -0.481 e. The first-order valence-electron chi connectivity index (χ1n) is 5.46. The van der Waals surface area contributed by atoms with Crippen molar-refractivity contribution in [2.75, 3.05) is 13.1 Å². The zero-order chi connectivity index (χ0) is 10.7.